The Hall–Kier alpha value is -4.18. The average Bonchev–Trinajstić information content (AvgIpc) is 3.44. The van der Waals surface area contributed by atoms with E-state index in [0.29, 0.717) is 29.4 Å². The van der Waals surface area contributed by atoms with E-state index < -0.39 is 10.0 Å². The molecule has 0 atom stereocenters. The van der Waals surface area contributed by atoms with Gasteiger partial charge in [0.15, 0.2) is 11.5 Å². The molecule has 0 aliphatic rings. The number of anilines is 1. The molecule has 0 radical (unpaired) electrons. The van der Waals surface area contributed by atoms with Gasteiger partial charge in [0, 0.05) is 29.0 Å². The van der Waals surface area contributed by atoms with Gasteiger partial charge in [-0.15, -0.1) is 0 Å². The fraction of sp³-hybridized carbons (Fsp3) is 0.160. The van der Waals surface area contributed by atoms with E-state index in [-0.39, 0.29) is 10.7 Å². The second-order valence-corrected chi connectivity index (χ2v) is 9.79. The topological polar surface area (TPSA) is 112 Å². The van der Waals surface area contributed by atoms with Crippen LogP contribution in [0.3, 0.4) is 0 Å². The van der Waals surface area contributed by atoms with E-state index in [2.05, 4.69) is 20.0 Å². The van der Waals surface area contributed by atoms with Crippen LogP contribution in [0.25, 0.3) is 16.8 Å². The highest BCUT2D eigenvalue weighted by Gasteiger charge is 2.22. The summed E-state index contributed by atoms with van der Waals surface area (Å²) in [4.78, 5) is 4.56. The number of aryl methyl sites for hydroxylation is 2. The molecule has 178 valence electrons. The Labute approximate surface area is 202 Å². The molecule has 5 rings (SSSR count). The lowest BCUT2D eigenvalue weighted by molar-refractivity contribution is 0.285. The molecule has 0 aliphatic carbocycles. The third kappa shape index (κ3) is 4.47. The normalized spacial score (nSPS) is 11.6. The van der Waals surface area contributed by atoms with Crippen LogP contribution in [0.1, 0.15) is 22.6 Å². The molecule has 0 fully saturated rings. The second kappa shape index (κ2) is 8.88. The van der Waals surface area contributed by atoms with Crippen molar-refractivity contribution in [1.29, 1.82) is 0 Å². The van der Waals surface area contributed by atoms with Crippen LogP contribution in [0.5, 0.6) is 5.88 Å². The number of nitrogens with zero attached hydrogens (tertiary/aromatic N) is 4. The number of fused-ring (bicyclic) bond motifs is 1. The van der Waals surface area contributed by atoms with E-state index in [4.69, 9.17) is 9.26 Å². The number of rotatable bonds is 7. The Bertz CT molecular complexity index is 1620. The molecule has 0 amide bonds. The maximum absolute atomic E-state index is 13.2. The molecule has 0 aliphatic heterocycles. The highest BCUT2D eigenvalue weighted by molar-refractivity contribution is 7.92. The first kappa shape index (κ1) is 22.6. The summed E-state index contributed by atoms with van der Waals surface area (Å²) >= 11 is 0. The summed E-state index contributed by atoms with van der Waals surface area (Å²) in [5.41, 5.74) is 4.47. The van der Waals surface area contributed by atoms with Crippen molar-refractivity contribution in [2.45, 2.75) is 32.3 Å². The molecule has 0 saturated carbocycles. The summed E-state index contributed by atoms with van der Waals surface area (Å²) in [6.07, 6.45) is 1.68. The van der Waals surface area contributed by atoms with Gasteiger partial charge in [0.2, 0.25) is 5.88 Å². The van der Waals surface area contributed by atoms with E-state index in [0.717, 1.165) is 22.5 Å². The van der Waals surface area contributed by atoms with E-state index >= 15 is 0 Å². The van der Waals surface area contributed by atoms with E-state index in [1.807, 2.05) is 43.3 Å². The van der Waals surface area contributed by atoms with Gasteiger partial charge in [-0.05, 0) is 38.0 Å². The highest BCUT2D eigenvalue weighted by Crippen LogP contribution is 2.30. The molecular weight excluding hydrogens is 466 g/mol. The van der Waals surface area contributed by atoms with Crippen molar-refractivity contribution in [3.63, 3.8) is 0 Å². The Balaban J connectivity index is 1.38. The Morgan fingerprint density at radius 3 is 2.54 bits per heavy atom. The lowest BCUT2D eigenvalue weighted by atomic mass is 10.0. The number of ether oxygens (including phenoxy) is 1. The van der Waals surface area contributed by atoms with Crippen molar-refractivity contribution in [3.8, 4) is 17.0 Å². The molecule has 0 spiro atoms. The first-order valence-corrected chi connectivity index (χ1v) is 12.4. The van der Waals surface area contributed by atoms with Crippen LogP contribution in [-0.2, 0) is 16.6 Å². The van der Waals surface area contributed by atoms with Gasteiger partial charge in [0.25, 0.3) is 10.0 Å². The predicted molar refractivity (Wildman–Crippen MR) is 131 cm³/mol. The third-order valence-electron chi connectivity index (χ3n) is 5.67. The number of hydrogen-bond donors (Lipinski definition) is 1. The van der Waals surface area contributed by atoms with Gasteiger partial charge < -0.3 is 9.26 Å². The fourth-order valence-corrected chi connectivity index (χ4v) is 4.97. The minimum atomic E-state index is -3.89. The van der Waals surface area contributed by atoms with Gasteiger partial charge in [-0.1, -0.05) is 47.6 Å². The zero-order chi connectivity index (χ0) is 24.6. The minimum absolute atomic E-state index is 0.150. The van der Waals surface area contributed by atoms with E-state index in [1.54, 1.807) is 48.8 Å². The maximum atomic E-state index is 13.2. The zero-order valence-electron chi connectivity index (χ0n) is 19.4. The highest BCUT2D eigenvalue weighted by atomic mass is 32.2. The number of nitrogens with one attached hydrogen (secondary N) is 1. The first-order chi connectivity index (χ1) is 16.8. The molecule has 0 unspecified atom stereocenters. The largest absolute Gasteiger partial charge is 0.473 e. The molecule has 3 heterocycles. The monoisotopic (exact) mass is 489 g/mol. The van der Waals surface area contributed by atoms with Crippen LogP contribution in [0.4, 0.5) is 5.82 Å². The molecule has 5 aromatic rings. The number of aromatic nitrogens is 4. The standard InChI is InChI=1S/C25H23N5O4S/c1-16-14-24(30-23(27-16)12-13-26-30)33-15-19-8-10-20(11-9-19)21-6-4-5-7-22(21)35(31,32)29-25-17(2)18(3)34-28-25/h4-14H,15H2,1-3H3,(H,28,29). The average molecular weight is 490 g/mol. The van der Waals surface area contributed by atoms with Crippen molar-refractivity contribution >= 4 is 21.5 Å². The molecule has 10 heteroatoms. The van der Waals surface area contributed by atoms with Crippen molar-refractivity contribution < 1.29 is 17.7 Å². The SMILES string of the molecule is Cc1cc(OCc2ccc(-c3ccccc3S(=O)(=O)Nc3noc(C)c3C)cc2)n2nccc2n1. The molecule has 3 aromatic heterocycles. The van der Waals surface area contributed by atoms with Crippen molar-refractivity contribution in [2.24, 2.45) is 0 Å². The van der Waals surface area contributed by atoms with Gasteiger partial charge in [-0.3, -0.25) is 4.72 Å². The predicted octanol–water partition coefficient (Wildman–Crippen LogP) is 4.69. The smallest absolute Gasteiger partial charge is 0.263 e. The van der Waals surface area contributed by atoms with Crippen molar-refractivity contribution in [1.82, 2.24) is 19.8 Å². The molecule has 2 aromatic carbocycles. The molecule has 0 saturated heterocycles. The Morgan fingerprint density at radius 2 is 1.80 bits per heavy atom. The lowest BCUT2D eigenvalue weighted by Crippen LogP contribution is -2.15. The van der Waals surface area contributed by atoms with Gasteiger partial charge >= 0.3 is 0 Å². The molecule has 35 heavy (non-hydrogen) atoms. The molecular formula is C25H23N5O4S. The zero-order valence-corrected chi connectivity index (χ0v) is 20.2. The van der Waals surface area contributed by atoms with Gasteiger partial charge in [0.05, 0.1) is 11.1 Å². The van der Waals surface area contributed by atoms with Crippen molar-refractivity contribution in [2.75, 3.05) is 4.72 Å². The van der Waals surface area contributed by atoms with Gasteiger partial charge in [-0.25, -0.2) is 13.4 Å². The number of sulfonamides is 1. The third-order valence-corrected chi connectivity index (χ3v) is 7.07. The Kier molecular flexibility index (Phi) is 5.73. The maximum Gasteiger partial charge on any atom is 0.263 e. The van der Waals surface area contributed by atoms with Crippen LogP contribution in [0.15, 0.2) is 76.3 Å². The molecule has 1 N–H and O–H groups in total. The number of hydrogen-bond acceptors (Lipinski definition) is 7. The summed E-state index contributed by atoms with van der Waals surface area (Å²) < 4.78 is 41.6. The van der Waals surface area contributed by atoms with Gasteiger partial charge in [-0.2, -0.15) is 9.61 Å². The quantitative estimate of drug-likeness (QED) is 0.353. The van der Waals surface area contributed by atoms with Crippen LogP contribution >= 0.6 is 0 Å². The second-order valence-electron chi connectivity index (χ2n) is 8.14. The summed E-state index contributed by atoms with van der Waals surface area (Å²) in [5, 5.41) is 8.07. The molecule has 0 bridgehead atoms. The van der Waals surface area contributed by atoms with Crippen LogP contribution in [-0.4, -0.2) is 28.2 Å². The summed E-state index contributed by atoms with van der Waals surface area (Å²) in [7, 11) is -3.89. The van der Waals surface area contributed by atoms with Crippen LogP contribution < -0.4 is 9.46 Å². The fourth-order valence-electron chi connectivity index (χ4n) is 3.68. The molecule has 9 nitrogen and oxygen atoms in total. The summed E-state index contributed by atoms with van der Waals surface area (Å²) in [5.74, 6) is 1.34. The summed E-state index contributed by atoms with van der Waals surface area (Å²) in [6.45, 7) is 5.71. The number of benzene rings is 2. The minimum Gasteiger partial charge on any atom is -0.473 e. The first-order valence-electron chi connectivity index (χ1n) is 10.9. The summed E-state index contributed by atoms with van der Waals surface area (Å²) in [6, 6.07) is 18.1. The van der Waals surface area contributed by atoms with Crippen molar-refractivity contribution in [3.05, 3.63) is 89.4 Å². The van der Waals surface area contributed by atoms with E-state index in [1.165, 1.54) is 0 Å². The van der Waals surface area contributed by atoms with Gasteiger partial charge in [0.1, 0.15) is 12.4 Å². The van der Waals surface area contributed by atoms with Crippen LogP contribution in [0.2, 0.25) is 0 Å². The Morgan fingerprint density at radius 1 is 1.03 bits per heavy atom. The van der Waals surface area contributed by atoms with E-state index in [9.17, 15) is 8.42 Å². The lowest BCUT2D eigenvalue weighted by Gasteiger charge is -2.12. The van der Waals surface area contributed by atoms with Crippen LogP contribution in [0, 0.1) is 20.8 Å².